The molecule has 0 amide bonds. The third-order valence-corrected chi connectivity index (χ3v) is 2.58. The van der Waals surface area contributed by atoms with E-state index >= 15 is 0 Å². The van der Waals surface area contributed by atoms with E-state index in [0.717, 1.165) is 12.8 Å². The Kier molecular flexibility index (Phi) is 2.26. The summed E-state index contributed by atoms with van der Waals surface area (Å²) in [5.74, 6) is -0.142. The number of hydrogen-bond donors (Lipinski definition) is 1. The first-order valence-electron chi connectivity index (χ1n) is 4.31. The maximum Gasteiger partial charge on any atom is 0.129 e. The van der Waals surface area contributed by atoms with Gasteiger partial charge < -0.3 is 5.11 Å². The van der Waals surface area contributed by atoms with Gasteiger partial charge in [0.15, 0.2) is 0 Å². The van der Waals surface area contributed by atoms with Crippen molar-refractivity contribution in [1.29, 1.82) is 0 Å². The first-order chi connectivity index (χ1) is 6.18. The summed E-state index contributed by atoms with van der Waals surface area (Å²) in [6, 6.07) is 4.28. The molecule has 3 heteroatoms. The van der Waals surface area contributed by atoms with Crippen LogP contribution in [0.1, 0.15) is 24.5 Å². The quantitative estimate of drug-likeness (QED) is 0.779. The van der Waals surface area contributed by atoms with Crippen LogP contribution in [0.25, 0.3) is 0 Å². The fraction of sp³-hybridized carbons (Fsp3) is 0.400. The summed E-state index contributed by atoms with van der Waals surface area (Å²) >= 11 is 5.71. The van der Waals surface area contributed by atoms with Crippen LogP contribution in [0.15, 0.2) is 18.2 Å². The van der Waals surface area contributed by atoms with Gasteiger partial charge in [0.25, 0.3) is 0 Å². The van der Waals surface area contributed by atoms with Crippen LogP contribution in [0, 0.1) is 11.7 Å². The predicted octanol–water partition coefficient (Wildman–Crippen LogP) is 2.92. The predicted molar refractivity (Wildman–Crippen MR) is 49.1 cm³/mol. The standard InChI is InChI=1S/C10H10ClFO/c11-7-3-4-9(12)8(5-7)10(13)6-1-2-6/h3-6,10,13H,1-2H2. The van der Waals surface area contributed by atoms with Crippen LogP contribution in [0.5, 0.6) is 0 Å². The summed E-state index contributed by atoms with van der Waals surface area (Å²) in [4.78, 5) is 0. The van der Waals surface area contributed by atoms with E-state index in [1.807, 2.05) is 0 Å². The molecular formula is C10H10ClFO. The third-order valence-electron chi connectivity index (χ3n) is 2.35. The summed E-state index contributed by atoms with van der Waals surface area (Å²) in [5.41, 5.74) is 0.329. The minimum absolute atomic E-state index is 0.230. The van der Waals surface area contributed by atoms with Gasteiger partial charge in [-0.25, -0.2) is 4.39 Å². The smallest absolute Gasteiger partial charge is 0.129 e. The van der Waals surface area contributed by atoms with Gasteiger partial charge >= 0.3 is 0 Å². The first-order valence-corrected chi connectivity index (χ1v) is 4.69. The van der Waals surface area contributed by atoms with E-state index in [4.69, 9.17) is 11.6 Å². The van der Waals surface area contributed by atoms with Crippen molar-refractivity contribution in [2.24, 2.45) is 5.92 Å². The maximum atomic E-state index is 13.2. The van der Waals surface area contributed by atoms with Crippen LogP contribution in [0.2, 0.25) is 5.02 Å². The van der Waals surface area contributed by atoms with Gasteiger partial charge in [-0.3, -0.25) is 0 Å². The van der Waals surface area contributed by atoms with Crippen molar-refractivity contribution in [3.8, 4) is 0 Å². The Hall–Kier alpha value is -0.600. The van der Waals surface area contributed by atoms with Crippen molar-refractivity contribution in [3.63, 3.8) is 0 Å². The third kappa shape index (κ3) is 1.84. The van der Waals surface area contributed by atoms with E-state index in [2.05, 4.69) is 0 Å². The van der Waals surface area contributed by atoms with Gasteiger partial charge in [0.1, 0.15) is 5.82 Å². The highest BCUT2D eigenvalue weighted by Gasteiger charge is 2.32. The van der Waals surface area contributed by atoms with Crippen LogP contribution in [-0.2, 0) is 0 Å². The van der Waals surface area contributed by atoms with Gasteiger partial charge in [-0.1, -0.05) is 11.6 Å². The molecule has 1 aliphatic rings. The molecule has 70 valence electrons. The van der Waals surface area contributed by atoms with E-state index in [9.17, 15) is 9.50 Å². The largest absolute Gasteiger partial charge is 0.388 e. The molecule has 0 bridgehead atoms. The molecule has 1 aromatic rings. The molecule has 0 radical (unpaired) electrons. The molecule has 0 aliphatic heterocycles. The number of rotatable bonds is 2. The maximum absolute atomic E-state index is 13.2. The van der Waals surface area contributed by atoms with Gasteiger partial charge in [-0.15, -0.1) is 0 Å². The molecule has 1 saturated carbocycles. The zero-order valence-corrected chi connectivity index (χ0v) is 7.76. The molecule has 0 aromatic heterocycles. The topological polar surface area (TPSA) is 20.2 Å². The molecule has 0 heterocycles. The number of benzene rings is 1. The van der Waals surface area contributed by atoms with Crippen LogP contribution in [0.4, 0.5) is 4.39 Å². The first kappa shape index (κ1) is 8.97. The molecule has 1 unspecified atom stereocenters. The van der Waals surface area contributed by atoms with E-state index in [0.29, 0.717) is 10.6 Å². The van der Waals surface area contributed by atoms with Crippen molar-refractivity contribution in [1.82, 2.24) is 0 Å². The molecule has 0 spiro atoms. The molecule has 2 rings (SSSR count). The summed E-state index contributed by atoms with van der Waals surface area (Å²) in [5, 5.41) is 10.1. The summed E-state index contributed by atoms with van der Waals surface area (Å²) < 4.78 is 13.2. The van der Waals surface area contributed by atoms with E-state index < -0.39 is 6.10 Å². The average molecular weight is 201 g/mol. The van der Waals surface area contributed by atoms with Gasteiger partial charge in [0.05, 0.1) is 6.10 Å². The normalized spacial score (nSPS) is 18.7. The zero-order chi connectivity index (χ0) is 9.42. The molecule has 1 aliphatic carbocycles. The highest BCUT2D eigenvalue weighted by molar-refractivity contribution is 6.30. The molecular weight excluding hydrogens is 191 g/mol. The van der Waals surface area contributed by atoms with Gasteiger partial charge in [-0.05, 0) is 37.0 Å². The number of aliphatic hydroxyl groups excluding tert-OH is 1. The molecule has 1 fully saturated rings. The fourth-order valence-corrected chi connectivity index (χ4v) is 1.59. The number of aliphatic hydroxyl groups is 1. The zero-order valence-electron chi connectivity index (χ0n) is 7.00. The monoisotopic (exact) mass is 200 g/mol. The molecule has 1 aromatic carbocycles. The molecule has 1 N–H and O–H groups in total. The Balaban J connectivity index is 2.31. The van der Waals surface area contributed by atoms with E-state index in [1.54, 1.807) is 0 Å². The molecule has 13 heavy (non-hydrogen) atoms. The van der Waals surface area contributed by atoms with Gasteiger partial charge in [-0.2, -0.15) is 0 Å². The van der Waals surface area contributed by atoms with Crippen molar-refractivity contribution >= 4 is 11.6 Å². The highest BCUT2D eigenvalue weighted by Crippen LogP contribution is 2.41. The lowest BCUT2D eigenvalue weighted by atomic mass is 10.1. The average Bonchev–Trinajstić information content (AvgIpc) is 2.91. The Morgan fingerprint density at radius 2 is 2.15 bits per heavy atom. The Bertz CT molecular complexity index is 323. The van der Waals surface area contributed by atoms with Gasteiger partial charge in [0.2, 0.25) is 0 Å². The van der Waals surface area contributed by atoms with Crippen LogP contribution in [-0.4, -0.2) is 5.11 Å². The van der Waals surface area contributed by atoms with Crippen molar-refractivity contribution in [3.05, 3.63) is 34.6 Å². The van der Waals surface area contributed by atoms with E-state index in [-0.39, 0.29) is 11.7 Å². The van der Waals surface area contributed by atoms with Crippen molar-refractivity contribution in [2.45, 2.75) is 18.9 Å². The molecule has 1 atom stereocenters. The van der Waals surface area contributed by atoms with Crippen LogP contribution >= 0.6 is 11.6 Å². The van der Waals surface area contributed by atoms with E-state index in [1.165, 1.54) is 18.2 Å². The summed E-state index contributed by atoms with van der Waals surface area (Å²) in [6.45, 7) is 0. The lowest BCUT2D eigenvalue weighted by Gasteiger charge is -2.10. The Morgan fingerprint density at radius 1 is 1.46 bits per heavy atom. The SMILES string of the molecule is OC(c1cc(Cl)ccc1F)C1CC1. The van der Waals surface area contributed by atoms with Crippen LogP contribution < -0.4 is 0 Å². The minimum Gasteiger partial charge on any atom is -0.388 e. The van der Waals surface area contributed by atoms with Crippen molar-refractivity contribution < 1.29 is 9.50 Å². The summed E-state index contributed by atoms with van der Waals surface area (Å²) in [7, 11) is 0. The Morgan fingerprint density at radius 3 is 2.77 bits per heavy atom. The molecule has 1 nitrogen and oxygen atoms in total. The molecule has 0 saturated heterocycles. The highest BCUT2D eigenvalue weighted by atomic mass is 35.5. The second kappa shape index (κ2) is 3.28. The second-order valence-electron chi connectivity index (χ2n) is 3.45. The van der Waals surface area contributed by atoms with Crippen LogP contribution in [0.3, 0.4) is 0 Å². The lowest BCUT2D eigenvalue weighted by Crippen LogP contribution is -2.02. The second-order valence-corrected chi connectivity index (χ2v) is 3.88. The number of hydrogen-bond acceptors (Lipinski definition) is 1. The summed E-state index contributed by atoms with van der Waals surface area (Å²) in [6.07, 6.45) is 1.28. The number of halogens is 2. The lowest BCUT2D eigenvalue weighted by molar-refractivity contribution is 0.149. The minimum atomic E-state index is -0.682. The van der Waals surface area contributed by atoms with Crippen molar-refractivity contribution in [2.75, 3.05) is 0 Å². The Labute approximate surface area is 81.1 Å². The van der Waals surface area contributed by atoms with Gasteiger partial charge in [0, 0.05) is 10.6 Å². The fourth-order valence-electron chi connectivity index (χ4n) is 1.41.